The highest BCUT2D eigenvalue weighted by Crippen LogP contribution is 2.31. The van der Waals surface area contributed by atoms with Crippen molar-refractivity contribution in [3.63, 3.8) is 0 Å². The number of hydrogen-bond acceptors (Lipinski definition) is 6. The van der Waals surface area contributed by atoms with E-state index < -0.39 is 11.9 Å². The Labute approximate surface area is 170 Å². The van der Waals surface area contributed by atoms with Gasteiger partial charge in [0, 0.05) is 18.5 Å². The number of hydrogen-bond donors (Lipinski definition) is 1. The molecule has 3 heterocycles. The second-order valence-electron chi connectivity index (χ2n) is 7.70. The fourth-order valence-corrected chi connectivity index (χ4v) is 4.47. The Balaban J connectivity index is 1.48. The van der Waals surface area contributed by atoms with Crippen LogP contribution in [0.4, 0.5) is 0 Å². The molecule has 0 saturated carbocycles. The summed E-state index contributed by atoms with van der Waals surface area (Å²) in [6.07, 6.45) is 0.550. The predicted octanol–water partition coefficient (Wildman–Crippen LogP) is 0.936. The number of carbonyl (C=O) groups excluding carboxylic acids is 3. The molecule has 0 aromatic heterocycles. The first-order chi connectivity index (χ1) is 14.0. The Bertz CT molecular complexity index is 823. The van der Waals surface area contributed by atoms with Gasteiger partial charge in [-0.25, -0.2) is 0 Å². The summed E-state index contributed by atoms with van der Waals surface area (Å²) in [6.45, 7) is 7.66. The molecule has 1 aromatic carbocycles. The molecule has 156 valence electrons. The third-order valence-electron chi connectivity index (χ3n) is 6.06. The van der Waals surface area contributed by atoms with Crippen LogP contribution < -0.4 is 10.1 Å². The Morgan fingerprint density at radius 1 is 1.21 bits per heavy atom. The quantitative estimate of drug-likeness (QED) is 0.714. The predicted molar refractivity (Wildman–Crippen MR) is 104 cm³/mol. The molecule has 2 fully saturated rings. The van der Waals surface area contributed by atoms with E-state index in [1.807, 2.05) is 12.1 Å². The van der Waals surface area contributed by atoms with Crippen LogP contribution in [0.5, 0.6) is 5.75 Å². The van der Waals surface area contributed by atoms with Crippen molar-refractivity contribution in [2.75, 3.05) is 26.3 Å². The number of benzene rings is 1. The maximum atomic E-state index is 12.8. The number of amides is 3. The first-order valence-electron chi connectivity index (χ1n) is 10.3. The van der Waals surface area contributed by atoms with Gasteiger partial charge < -0.3 is 14.4 Å². The number of rotatable bonds is 6. The van der Waals surface area contributed by atoms with Crippen LogP contribution in [0, 0.1) is 0 Å². The van der Waals surface area contributed by atoms with Gasteiger partial charge in [-0.1, -0.05) is 13.8 Å². The number of imide groups is 1. The first kappa shape index (κ1) is 19.8. The van der Waals surface area contributed by atoms with E-state index in [1.54, 1.807) is 11.0 Å². The van der Waals surface area contributed by atoms with E-state index in [0.29, 0.717) is 37.5 Å². The summed E-state index contributed by atoms with van der Waals surface area (Å²) >= 11 is 0. The zero-order valence-electron chi connectivity index (χ0n) is 16.8. The molecule has 29 heavy (non-hydrogen) atoms. The van der Waals surface area contributed by atoms with Gasteiger partial charge >= 0.3 is 0 Å². The van der Waals surface area contributed by atoms with Crippen LogP contribution in [0.25, 0.3) is 0 Å². The number of nitrogens with one attached hydrogen (secondary N) is 1. The fourth-order valence-electron chi connectivity index (χ4n) is 4.47. The highest BCUT2D eigenvalue weighted by atomic mass is 16.5. The minimum atomic E-state index is -0.604. The molecular formula is C21H27N3O5. The van der Waals surface area contributed by atoms with Gasteiger partial charge in [0.1, 0.15) is 17.9 Å². The second-order valence-corrected chi connectivity index (χ2v) is 7.70. The lowest BCUT2D eigenvalue weighted by Gasteiger charge is -2.29. The molecular weight excluding hydrogens is 374 g/mol. The molecule has 8 heteroatoms. The number of ether oxygens (including phenoxy) is 2. The van der Waals surface area contributed by atoms with Gasteiger partial charge in [0.25, 0.3) is 5.91 Å². The van der Waals surface area contributed by atoms with Crippen LogP contribution in [0.1, 0.15) is 42.6 Å². The fraction of sp³-hybridized carbons (Fsp3) is 0.571. The van der Waals surface area contributed by atoms with Crippen LogP contribution in [-0.4, -0.2) is 72.0 Å². The molecule has 0 bridgehead atoms. The van der Waals surface area contributed by atoms with Crippen molar-refractivity contribution < 1.29 is 23.9 Å². The standard InChI is InChI=1S/C21H27N3O5/c1-3-23(4-2)17-11-28-12-18(17)29-14-5-6-15-13(9-14)10-24(21(15)27)16-7-8-19(25)22-20(16)26/h5-6,9,16-18H,3-4,7-8,10-12H2,1-2H3,(H,22,25,26)/t16?,17-,18-/m0/s1. The second kappa shape index (κ2) is 8.12. The van der Waals surface area contributed by atoms with E-state index in [-0.39, 0.29) is 30.4 Å². The Kier molecular flexibility index (Phi) is 5.56. The van der Waals surface area contributed by atoms with Crippen molar-refractivity contribution in [3.05, 3.63) is 29.3 Å². The lowest BCUT2D eigenvalue weighted by Crippen LogP contribution is -2.52. The van der Waals surface area contributed by atoms with E-state index in [0.717, 1.165) is 18.7 Å². The van der Waals surface area contributed by atoms with Gasteiger partial charge in [0.2, 0.25) is 11.8 Å². The average molecular weight is 401 g/mol. The van der Waals surface area contributed by atoms with Crippen molar-refractivity contribution in [3.8, 4) is 5.75 Å². The summed E-state index contributed by atoms with van der Waals surface area (Å²) in [7, 11) is 0. The SMILES string of the molecule is CCN(CC)[C@H]1COC[C@@H]1Oc1ccc2c(c1)CN(C1CCC(=O)NC1=O)C2=O. The van der Waals surface area contributed by atoms with E-state index in [2.05, 4.69) is 24.1 Å². The van der Waals surface area contributed by atoms with E-state index >= 15 is 0 Å². The van der Waals surface area contributed by atoms with Crippen molar-refractivity contribution in [1.82, 2.24) is 15.1 Å². The minimum absolute atomic E-state index is 0.0590. The van der Waals surface area contributed by atoms with Gasteiger partial charge in [0.15, 0.2) is 0 Å². The summed E-state index contributed by atoms with van der Waals surface area (Å²) in [6, 6.07) is 5.06. The van der Waals surface area contributed by atoms with Gasteiger partial charge in [-0.15, -0.1) is 0 Å². The Morgan fingerprint density at radius 3 is 2.72 bits per heavy atom. The highest BCUT2D eigenvalue weighted by molar-refractivity contribution is 6.05. The number of likely N-dealkylation sites (N-methyl/N-ethyl adjacent to an activating group) is 1. The number of nitrogens with zero attached hydrogens (tertiary/aromatic N) is 2. The summed E-state index contributed by atoms with van der Waals surface area (Å²) in [4.78, 5) is 40.2. The molecule has 0 radical (unpaired) electrons. The number of carbonyl (C=O) groups is 3. The van der Waals surface area contributed by atoms with Crippen LogP contribution >= 0.6 is 0 Å². The van der Waals surface area contributed by atoms with E-state index in [4.69, 9.17) is 9.47 Å². The van der Waals surface area contributed by atoms with Crippen LogP contribution in [-0.2, 0) is 20.9 Å². The summed E-state index contributed by atoms with van der Waals surface area (Å²) < 4.78 is 11.9. The molecule has 2 saturated heterocycles. The number of fused-ring (bicyclic) bond motifs is 1. The van der Waals surface area contributed by atoms with Crippen molar-refractivity contribution >= 4 is 17.7 Å². The highest BCUT2D eigenvalue weighted by Gasteiger charge is 2.39. The van der Waals surface area contributed by atoms with E-state index in [1.165, 1.54) is 0 Å². The largest absolute Gasteiger partial charge is 0.486 e. The minimum Gasteiger partial charge on any atom is -0.486 e. The topological polar surface area (TPSA) is 88.2 Å². The van der Waals surface area contributed by atoms with E-state index in [9.17, 15) is 14.4 Å². The third-order valence-corrected chi connectivity index (χ3v) is 6.06. The van der Waals surface area contributed by atoms with Gasteiger partial charge in [-0.2, -0.15) is 0 Å². The lowest BCUT2D eigenvalue weighted by atomic mass is 10.0. The zero-order chi connectivity index (χ0) is 20.5. The molecule has 8 nitrogen and oxygen atoms in total. The molecule has 3 aliphatic heterocycles. The average Bonchev–Trinajstić information content (AvgIpc) is 3.28. The first-order valence-corrected chi connectivity index (χ1v) is 10.3. The Morgan fingerprint density at radius 2 is 2.00 bits per heavy atom. The zero-order valence-corrected chi connectivity index (χ0v) is 16.8. The summed E-state index contributed by atoms with van der Waals surface area (Å²) in [5.74, 6) is -0.155. The van der Waals surface area contributed by atoms with Crippen LogP contribution in [0.15, 0.2) is 18.2 Å². The summed E-state index contributed by atoms with van der Waals surface area (Å²) in [5, 5.41) is 2.32. The molecule has 1 aromatic rings. The van der Waals surface area contributed by atoms with Crippen LogP contribution in [0.3, 0.4) is 0 Å². The summed E-state index contributed by atoms with van der Waals surface area (Å²) in [5.41, 5.74) is 1.43. The molecule has 4 rings (SSSR count). The molecule has 1 N–H and O–H groups in total. The molecule has 0 aliphatic carbocycles. The smallest absolute Gasteiger partial charge is 0.255 e. The molecule has 3 amide bonds. The Hall–Kier alpha value is -2.45. The van der Waals surface area contributed by atoms with Gasteiger partial charge in [-0.3, -0.25) is 24.6 Å². The molecule has 3 aliphatic rings. The van der Waals surface area contributed by atoms with Gasteiger partial charge in [0.05, 0.1) is 19.3 Å². The molecule has 0 spiro atoms. The number of piperidine rings is 1. The molecule has 1 unspecified atom stereocenters. The monoisotopic (exact) mass is 401 g/mol. The third kappa shape index (κ3) is 3.74. The van der Waals surface area contributed by atoms with Crippen molar-refractivity contribution in [1.29, 1.82) is 0 Å². The van der Waals surface area contributed by atoms with Crippen molar-refractivity contribution in [2.24, 2.45) is 0 Å². The van der Waals surface area contributed by atoms with Crippen LogP contribution in [0.2, 0.25) is 0 Å². The van der Waals surface area contributed by atoms with Crippen molar-refractivity contribution in [2.45, 2.75) is 51.4 Å². The molecule has 3 atom stereocenters. The maximum Gasteiger partial charge on any atom is 0.255 e. The lowest BCUT2D eigenvalue weighted by molar-refractivity contribution is -0.136. The van der Waals surface area contributed by atoms with Gasteiger partial charge in [-0.05, 0) is 43.3 Å². The maximum absolute atomic E-state index is 12.8. The normalized spacial score (nSPS) is 26.8.